The summed E-state index contributed by atoms with van der Waals surface area (Å²) in [6, 6.07) is 7.21. The van der Waals surface area contributed by atoms with Crippen LogP contribution < -0.4 is 5.32 Å². The van der Waals surface area contributed by atoms with Crippen LogP contribution in [0.25, 0.3) is 11.0 Å². The SMILES string of the molecule is COCc1c(C(=O)NC2(C(=O)O)CCOC2)oc2ccccc12. The predicted octanol–water partition coefficient (Wildman–Crippen LogP) is 1.55. The zero-order valence-electron chi connectivity index (χ0n) is 12.6. The Morgan fingerprint density at radius 2 is 2.17 bits per heavy atom. The maximum absolute atomic E-state index is 12.6. The van der Waals surface area contributed by atoms with E-state index in [0.717, 1.165) is 5.39 Å². The number of rotatable bonds is 5. The van der Waals surface area contributed by atoms with E-state index in [4.69, 9.17) is 13.9 Å². The summed E-state index contributed by atoms with van der Waals surface area (Å²) in [4.78, 5) is 24.1. The molecule has 1 aliphatic heterocycles. The summed E-state index contributed by atoms with van der Waals surface area (Å²) in [7, 11) is 1.52. The molecule has 0 spiro atoms. The van der Waals surface area contributed by atoms with Gasteiger partial charge in [-0.05, 0) is 6.07 Å². The van der Waals surface area contributed by atoms with E-state index in [1.807, 2.05) is 12.1 Å². The number of benzene rings is 1. The molecule has 0 bridgehead atoms. The van der Waals surface area contributed by atoms with Crippen molar-refractivity contribution in [3.63, 3.8) is 0 Å². The zero-order chi connectivity index (χ0) is 16.4. The van der Waals surface area contributed by atoms with Gasteiger partial charge in [-0.2, -0.15) is 0 Å². The highest BCUT2D eigenvalue weighted by Crippen LogP contribution is 2.28. The van der Waals surface area contributed by atoms with Crippen LogP contribution in [-0.2, 0) is 20.9 Å². The molecule has 2 aromatic rings. The third-order valence-corrected chi connectivity index (χ3v) is 3.98. The maximum Gasteiger partial charge on any atom is 0.331 e. The third-order valence-electron chi connectivity index (χ3n) is 3.98. The van der Waals surface area contributed by atoms with Gasteiger partial charge in [0.05, 0.1) is 13.2 Å². The van der Waals surface area contributed by atoms with Crippen molar-refractivity contribution in [2.45, 2.75) is 18.6 Å². The molecular formula is C16H17NO6. The standard InChI is InChI=1S/C16H17NO6/c1-21-8-11-10-4-2-3-5-12(10)23-13(11)14(18)17-16(15(19)20)6-7-22-9-16/h2-5H,6-9H2,1H3,(H,17,18)(H,19,20). The van der Waals surface area contributed by atoms with E-state index in [2.05, 4.69) is 5.32 Å². The number of carbonyl (C=O) groups is 2. The molecule has 122 valence electrons. The number of para-hydroxylation sites is 1. The second kappa shape index (κ2) is 6.02. The molecule has 1 aromatic heterocycles. The molecule has 1 saturated heterocycles. The number of hydrogen-bond acceptors (Lipinski definition) is 5. The average molecular weight is 319 g/mol. The number of aliphatic carboxylic acids is 1. The lowest BCUT2D eigenvalue weighted by Gasteiger charge is -2.23. The lowest BCUT2D eigenvalue weighted by Crippen LogP contribution is -2.55. The van der Waals surface area contributed by atoms with Gasteiger partial charge in [0, 0.05) is 31.1 Å². The number of amides is 1. The molecule has 1 unspecified atom stereocenters. The fourth-order valence-corrected chi connectivity index (χ4v) is 2.73. The number of carboxylic acids is 1. The van der Waals surface area contributed by atoms with Gasteiger partial charge < -0.3 is 24.3 Å². The van der Waals surface area contributed by atoms with Gasteiger partial charge >= 0.3 is 5.97 Å². The Bertz CT molecular complexity index is 744. The second-order valence-corrected chi connectivity index (χ2v) is 5.48. The number of ether oxygens (including phenoxy) is 2. The molecule has 1 atom stereocenters. The first-order chi connectivity index (χ1) is 11.1. The highest BCUT2D eigenvalue weighted by Gasteiger charge is 2.44. The summed E-state index contributed by atoms with van der Waals surface area (Å²) in [6.45, 7) is 0.419. The van der Waals surface area contributed by atoms with Crippen molar-refractivity contribution >= 4 is 22.8 Å². The molecule has 0 aliphatic carbocycles. The lowest BCUT2D eigenvalue weighted by molar-refractivity contribution is -0.144. The van der Waals surface area contributed by atoms with Crippen molar-refractivity contribution in [1.29, 1.82) is 0 Å². The van der Waals surface area contributed by atoms with Gasteiger partial charge in [-0.15, -0.1) is 0 Å². The van der Waals surface area contributed by atoms with Crippen molar-refractivity contribution in [3.8, 4) is 0 Å². The van der Waals surface area contributed by atoms with Crippen molar-refractivity contribution in [2.24, 2.45) is 0 Å². The van der Waals surface area contributed by atoms with Crippen molar-refractivity contribution in [2.75, 3.05) is 20.3 Å². The van der Waals surface area contributed by atoms with Gasteiger partial charge in [-0.3, -0.25) is 4.79 Å². The molecule has 23 heavy (non-hydrogen) atoms. The zero-order valence-corrected chi connectivity index (χ0v) is 12.6. The van der Waals surface area contributed by atoms with Gasteiger partial charge in [-0.25, -0.2) is 4.79 Å². The summed E-state index contributed by atoms with van der Waals surface area (Å²) in [5.74, 6) is -1.63. The summed E-state index contributed by atoms with van der Waals surface area (Å²) in [5, 5.41) is 12.7. The second-order valence-electron chi connectivity index (χ2n) is 5.48. The largest absolute Gasteiger partial charge is 0.479 e. The van der Waals surface area contributed by atoms with Crippen LogP contribution >= 0.6 is 0 Å². The van der Waals surface area contributed by atoms with Gasteiger partial charge in [0.2, 0.25) is 0 Å². The number of hydrogen-bond donors (Lipinski definition) is 2. The molecule has 1 fully saturated rings. The van der Waals surface area contributed by atoms with E-state index < -0.39 is 17.4 Å². The number of furan rings is 1. The predicted molar refractivity (Wildman–Crippen MR) is 80.2 cm³/mol. The minimum Gasteiger partial charge on any atom is -0.479 e. The highest BCUT2D eigenvalue weighted by molar-refractivity contribution is 6.01. The highest BCUT2D eigenvalue weighted by atomic mass is 16.5. The number of carbonyl (C=O) groups excluding carboxylic acids is 1. The molecule has 2 heterocycles. The Labute approximate surface area is 132 Å². The molecule has 7 nitrogen and oxygen atoms in total. The first-order valence-corrected chi connectivity index (χ1v) is 7.20. The summed E-state index contributed by atoms with van der Waals surface area (Å²) >= 11 is 0. The summed E-state index contributed by atoms with van der Waals surface area (Å²) < 4.78 is 15.9. The Morgan fingerprint density at radius 3 is 2.83 bits per heavy atom. The van der Waals surface area contributed by atoms with Crippen molar-refractivity contribution in [1.82, 2.24) is 5.32 Å². The van der Waals surface area contributed by atoms with E-state index in [1.165, 1.54) is 7.11 Å². The monoisotopic (exact) mass is 319 g/mol. The first-order valence-electron chi connectivity index (χ1n) is 7.20. The van der Waals surface area contributed by atoms with Crippen LogP contribution in [0.2, 0.25) is 0 Å². The number of nitrogens with one attached hydrogen (secondary N) is 1. The Hall–Kier alpha value is -2.38. The fourth-order valence-electron chi connectivity index (χ4n) is 2.73. The summed E-state index contributed by atoms with van der Waals surface area (Å²) in [5.41, 5.74) is -0.266. The van der Waals surface area contributed by atoms with Gasteiger partial charge in [0.1, 0.15) is 5.58 Å². The quantitative estimate of drug-likeness (QED) is 0.868. The molecule has 1 aliphatic rings. The molecule has 2 N–H and O–H groups in total. The van der Waals surface area contributed by atoms with Crippen LogP contribution in [0.15, 0.2) is 28.7 Å². The van der Waals surface area contributed by atoms with Crippen molar-refractivity contribution in [3.05, 3.63) is 35.6 Å². The fraction of sp³-hybridized carbons (Fsp3) is 0.375. The van der Waals surface area contributed by atoms with Crippen LogP contribution in [0, 0.1) is 0 Å². The third kappa shape index (κ3) is 2.69. The minimum atomic E-state index is -1.42. The number of carboxylic acid groups (broad SMARTS) is 1. The van der Waals surface area contributed by atoms with E-state index in [9.17, 15) is 14.7 Å². The molecule has 7 heteroatoms. The lowest BCUT2D eigenvalue weighted by atomic mass is 9.98. The molecule has 3 rings (SSSR count). The van der Waals surface area contributed by atoms with Crippen LogP contribution in [0.4, 0.5) is 0 Å². The van der Waals surface area contributed by atoms with E-state index in [-0.39, 0.29) is 32.0 Å². The smallest absolute Gasteiger partial charge is 0.331 e. The van der Waals surface area contributed by atoms with E-state index in [1.54, 1.807) is 12.1 Å². The minimum absolute atomic E-state index is 0.0616. The molecule has 1 aromatic carbocycles. The van der Waals surface area contributed by atoms with Gasteiger partial charge in [0.15, 0.2) is 11.3 Å². The van der Waals surface area contributed by atoms with Crippen LogP contribution in [0.1, 0.15) is 22.5 Å². The van der Waals surface area contributed by atoms with Crippen molar-refractivity contribution < 1.29 is 28.6 Å². The topological polar surface area (TPSA) is 98.0 Å². The molecule has 1 amide bonds. The van der Waals surface area contributed by atoms with Crippen LogP contribution in [-0.4, -0.2) is 42.8 Å². The average Bonchev–Trinajstić information content (AvgIpc) is 3.14. The number of methoxy groups -OCH3 is 1. The Kier molecular flexibility index (Phi) is 4.06. The van der Waals surface area contributed by atoms with Gasteiger partial charge in [0.25, 0.3) is 5.91 Å². The molecular weight excluding hydrogens is 302 g/mol. The maximum atomic E-state index is 12.6. The van der Waals surface area contributed by atoms with Gasteiger partial charge in [-0.1, -0.05) is 18.2 Å². The van der Waals surface area contributed by atoms with E-state index in [0.29, 0.717) is 11.1 Å². The molecule has 0 saturated carbocycles. The Morgan fingerprint density at radius 1 is 1.39 bits per heavy atom. The normalized spacial score (nSPS) is 20.7. The first kappa shape index (κ1) is 15.5. The Balaban J connectivity index is 1.97. The van der Waals surface area contributed by atoms with Crippen LogP contribution in [0.5, 0.6) is 0 Å². The molecule has 0 radical (unpaired) electrons. The summed E-state index contributed by atoms with van der Waals surface area (Å²) in [6.07, 6.45) is 0.216. The number of fused-ring (bicyclic) bond motifs is 1. The van der Waals surface area contributed by atoms with Crippen LogP contribution in [0.3, 0.4) is 0 Å². The van der Waals surface area contributed by atoms with E-state index >= 15 is 0 Å².